The summed E-state index contributed by atoms with van der Waals surface area (Å²) in [4.78, 5) is 0. The monoisotopic (exact) mass is 248 g/mol. The van der Waals surface area contributed by atoms with Crippen LogP contribution in [0.3, 0.4) is 0 Å². The van der Waals surface area contributed by atoms with E-state index in [1.807, 2.05) is 0 Å². The lowest BCUT2D eigenvalue weighted by molar-refractivity contribution is 0.654. The summed E-state index contributed by atoms with van der Waals surface area (Å²) in [5.41, 5.74) is 0. The molecule has 1 unspecified atom stereocenters. The van der Waals surface area contributed by atoms with Crippen LogP contribution in [0.5, 0.6) is 0 Å². The second kappa shape index (κ2) is 4.92. The average Bonchev–Trinajstić information content (AvgIpc) is 2.52. The van der Waals surface area contributed by atoms with Crippen LogP contribution in [-0.4, -0.2) is 15.5 Å². The van der Waals surface area contributed by atoms with Crippen LogP contribution in [0.1, 0.15) is 23.9 Å². The fourth-order valence-electron chi connectivity index (χ4n) is 0.866. The first-order valence-electron chi connectivity index (χ1n) is 4.13. The second-order valence-electron chi connectivity index (χ2n) is 2.91. The molecular weight excluding hydrogens is 236 g/mol. The molecular formula is C8H13BrN2S. The van der Waals surface area contributed by atoms with Gasteiger partial charge in [-0.05, 0) is 12.3 Å². The highest BCUT2D eigenvalue weighted by atomic mass is 79.9. The molecule has 1 heterocycles. The van der Waals surface area contributed by atoms with Crippen molar-refractivity contribution in [2.75, 3.05) is 5.33 Å². The van der Waals surface area contributed by atoms with Gasteiger partial charge in [-0.2, -0.15) is 0 Å². The van der Waals surface area contributed by atoms with Gasteiger partial charge >= 0.3 is 0 Å². The Kier molecular flexibility index (Phi) is 4.15. The van der Waals surface area contributed by atoms with Crippen LogP contribution >= 0.6 is 27.3 Å². The van der Waals surface area contributed by atoms with E-state index in [0.717, 1.165) is 23.2 Å². The molecule has 1 aromatic rings. The van der Waals surface area contributed by atoms with Gasteiger partial charge in [0.15, 0.2) is 0 Å². The van der Waals surface area contributed by atoms with E-state index in [1.54, 1.807) is 11.3 Å². The highest BCUT2D eigenvalue weighted by Crippen LogP contribution is 2.15. The molecule has 0 saturated carbocycles. The molecule has 4 heteroatoms. The number of halogens is 1. The van der Waals surface area contributed by atoms with E-state index >= 15 is 0 Å². The topological polar surface area (TPSA) is 25.8 Å². The number of aromatic nitrogens is 2. The number of rotatable bonds is 4. The summed E-state index contributed by atoms with van der Waals surface area (Å²) in [6, 6.07) is 0. The zero-order valence-corrected chi connectivity index (χ0v) is 9.78. The van der Waals surface area contributed by atoms with E-state index in [4.69, 9.17) is 0 Å². The molecule has 0 fully saturated rings. The summed E-state index contributed by atoms with van der Waals surface area (Å²) >= 11 is 5.19. The summed E-state index contributed by atoms with van der Waals surface area (Å²) in [5, 5.41) is 11.5. The maximum absolute atomic E-state index is 4.12. The van der Waals surface area contributed by atoms with Crippen LogP contribution in [0.15, 0.2) is 0 Å². The third kappa shape index (κ3) is 2.83. The maximum Gasteiger partial charge on any atom is 0.117 e. The van der Waals surface area contributed by atoms with Crippen molar-refractivity contribution in [1.82, 2.24) is 10.2 Å². The van der Waals surface area contributed by atoms with E-state index in [9.17, 15) is 0 Å². The Balaban J connectivity index is 2.52. The smallest absolute Gasteiger partial charge is 0.117 e. The quantitative estimate of drug-likeness (QED) is 0.767. The van der Waals surface area contributed by atoms with Crippen molar-refractivity contribution < 1.29 is 0 Å². The molecule has 0 spiro atoms. The Bertz CT molecular complexity index is 237. The number of hydrogen-bond donors (Lipinski definition) is 0. The Morgan fingerprint density at radius 3 is 2.58 bits per heavy atom. The first-order valence-corrected chi connectivity index (χ1v) is 6.07. The highest BCUT2D eigenvalue weighted by molar-refractivity contribution is 9.09. The second-order valence-corrected chi connectivity index (χ2v) is 4.70. The Morgan fingerprint density at radius 1 is 1.42 bits per heavy atom. The van der Waals surface area contributed by atoms with E-state index < -0.39 is 0 Å². The van der Waals surface area contributed by atoms with Crippen LogP contribution in [-0.2, 0) is 12.8 Å². The normalized spacial score (nSPS) is 13.2. The molecule has 12 heavy (non-hydrogen) atoms. The first kappa shape index (κ1) is 10.1. The van der Waals surface area contributed by atoms with E-state index in [0.29, 0.717) is 5.92 Å². The summed E-state index contributed by atoms with van der Waals surface area (Å²) in [7, 11) is 0. The number of aryl methyl sites for hydroxylation is 1. The van der Waals surface area contributed by atoms with Gasteiger partial charge in [-0.3, -0.25) is 0 Å². The van der Waals surface area contributed by atoms with Gasteiger partial charge in [0.25, 0.3) is 0 Å². The average molecular weight is 249 g/mol. The van der Waals surface area contributed by atoms with E-state index in [2.05, 4.69) is 40.0 Å². The molecule has 1 atom stereocenters. The third-order valence-electron chi connectivity index (χ3n) is 1.60. The molecule has 0 aliphatic rings. The van der Waals surface area contributed by atoms with Crippen molar-refractivity contribution in [2.45, 2.75) is 26.7 Å². The van der Waals surface area contributed by atoms with E-state index in [-0.39, 0.29) is 0 Å². The number of alkyl halides is 1. The van der Waals surface area contributed by atoms with Gasteiger partial charge in [-0.15, -0.1) is 21.5 Å². The lowest BCUT2D eigenvalue weighted by Gasteiger charge is -2.01. The largest absolute Gasteiger partial charge is 0.144 e. The molecule has 0 bridgehead atoms. The molecule has 1 aromatic heterocycles. The van der Waals surface area contributed by atoms with Gasteiger partial charge in [-0.25, -0.2) is 0 Å². The molecule has 68 valence electrons. The Morgan fingerprint density at radius 2 is 2.08 bits per heavy atom. The SMILES string of the molecule is CCc1nnc(CC(C)CBr)s1. The lowest BCUT2D eigenvalue weighted by atomic mass is 10.1. The van der Waals surface area contributed by atoms with E-state index in [1.165, 1.54) is 5.01 Å². The van der Waals surface area contributed by atoms with Crippen LogP contribution in [0.25, 0.3) is 0 Å². The summed E-state index contributed by atoms with van der Waals surface area (Å²) in [6.45, 7) is 4.32. The van der Waals surface area contributed by atoms with Gasteiger partial charge in [0, 0.05) is 11.8 Å². The summed E-state index contributed by atoms with van der Waals surface area (Å²) in [6.07, 6.45) is 2.04. The molecule has 0 radical (unpaired) electrons. The molecule has 0 aliphatic heterocycles. The fourth-order valence-corrected chi connectivity index (χ4v) is 2.04. The number of nitrogens with zero attached hydrogens (tertiary/aromatic N) is 2. The van der Waals surface area contributed by atoms with Crippen molar-refractivity contribution >= 4 is 27.3 Å². The van der Waals surface area contributed by atoms with Gasteiger partial charge in [0.05, 0.1) is 0 Å². The van der Waals surface area contributed by atoms with Crippen molar-refractivity contribution in [2.24, 2.45) is 5.92 Å². The van der Waals surface area contributed by atoms with Crippen LogP contribution in [0.4, 0.5) is 0 Å². The Labute approximate surface area is 85.5 Å². The van der Waals surface area contributed by atoms with Gasteiger partial charge < -0.3 is 0 Å². The van der Waals surface area contributed by atoms with Crippen molar-refractivity contribution in [1.29, 1.82) is 0 Å². The Hall–Kier alpha value is 0.0400. The first-order chi connectivity index (χ1) is 5.76. The predicted molar refractivity (Wildman–Crippen MR) is 55.9 cm³/mol. The van der Waals surface area contributed by atoms with Gasteiger partial charge in [-0.1, -0.05) is 29.8 Å². The molecule has 1 rings (SSSR count). The van der Waals surface area contributed by atoms with Crippen LogP contribution in [0, 0.1) is 5.92 Å². The molecule has 0 aromatic carbocycles. The number of hydrogen-bond acceptors (Lipinski definition) is 3. The van der Waals surface area contributed by atoms with Crippen LogP contribution < -0.4 is 0 Å². The maximum atomic E-state index is 4.12. The van der Waals surface area contributed by atoms with Crippen molar-refractivity contribution in [3.63, 3.8) is 0 Å². The third-order valence-corrected chi connectivity index (χ3v) is 3.79. The summed E-state index contributed by atoms with van der Waals surface area (Å²) in [5.74, 6) is 0.655. The van der Waals surface area contributed by atoms with Crippen molar-refractivity contribution in [3.8, 4) is 0 Å². The minimum absolute atomic E-state index is 0.655. The zero-order valence-electron chi connectivity index (χ0n) is 7.38. The molecule has 0 amide bonds. The molecule has 0 aliphatic carbocycles. The molecule has 0 N–H and O–H groups in total. The minimum atomic E-state index is 0.655. The minimum Gasteiger partial charge on any atom is -0.144 e. The highest BCUT2D eigenvalue weighted by Gasteiger charge is 2.06. The van der Waals surface area contributed by atoms with Gasteiger partial charge in [0.1, 0.15) is 10.0 Å². The predicted octanol–water partition coefficient (Wildman–Crippen LogP) is 2.67. The van der Waals surface area contributed by atoms with Crippen LogP contribution in [0.2, 0.25) is 0 Å². The standard InChI is InChI=1S/C8H13BrN2S/c1-3-7-10-11-8(12-7)4-6(2)5-9/h6H,3-5H2,1-2H3. The molecule has 2 nitrogen and oxygen atoms in total. The lowest BCUT2D eigenvalue weighted by Crippen LogP contribution is -1.99. The van der Waals surface area contributed by atoms with Crippen molar-refractivity contribution in [3.05, 3.63) is 10.0 Å². The fraction of sp³-hybridized carbons (Fsp3) is 0.750. The van der Waals surface area contributed by atoms with Gasteiger partial charge in [0.2, 0.25) is 0 Å². The molecule has 0 saturated heterocycles. The zero-order chi connectivity index (χ0) is 8.97. The summed E-state index contributed by atoms with van der Waals surface area (Å²) < 4.78 is 0.